The molecule has 1 aromatic rings. The Hall–Kier alpha value is -1.55. The van der Waals surface area contributed by atoms with Gasteiger partial charge in [-0.05, 0) is 30.4 Å². The first-order chi connectivity index (χ1) is 10.3. The minimum atomic E-state index is -0.413. The molecule has 0 bridgehead atoms. The van der Waals surface area contributed by atoms with Crippen LogP contribution in [0.2, 0.25) is 0 Å². The molecule has 4 nitrogen and oxygen atoms in total. The van der Waals surface area contributed by atoms with E-state index in [2.05, 4.69) is 38.2 Å². The van der Waals surface area contributed by atoms with Gasteiger partial charge in [0.25, 0.3) is 0 Å². The molecule has 2 atom stereocenters. The number of aliphatic hydroxyl groups excluding tert-OH is 1. The van der Waals surface area contributed by atoms with E-state index < -0.39 is 6.10 Å². The predicted octanol–water partition coefficient (Wildman–Crippen LogP) is 2.68. The summed E-state index contributed by atoms with van der Waals surface area (Å²) in [6, 6.07) is 8.21. The quantitative estimate of drug-likeness (QED) is 0.902. The summed E-state index contributed by atoms with van der Waals surface area (Å²) in [5.41, 5.74) is 2.37. The van der Waals surface area contributed by atoms with Crippen LogP contribution >= 0.6 is 0 Å². The average Bonchev–Trinajstić information content (AvgIpc) is 2.48. The van der Waals surface area contributed by atoms with E-state index in [4.69, 9.17) is 0 Å². The van der Waals surface area contributed by atoms with Gasteiger partial charge in [0.15, 0.2) is 0 Å². The molecule has 2 rings (SSSR count). The second-order valence-corrected chi connectivity index (χ2v) is 7.14. The van der Waals surface area contributed by atoms with Crippen LogP contribution in [0.5, 0.6) is 0 Å². The molecule has 1 aliphatic heterocycles. The van der Waals surface area contributed by atoms with Crippen molar-refractivity contribution in [3.8, 4) is 0 Å². The van der Waals surface area contributed by atoms with E-state index in [1.165, 1.54) is 11.1 Å². The van der Waals surface area contributed by atoms with Crippen LogP contribution in [0.1, 0.15) is 38.3 Å². The predicted molar refractivity (Wildman–Crippen MR) is 89.0 cm³/mol. The fourth-order valence-electron chi connectivity index (χ4n) is 3.07. The van der Waals surface area contributed by atoms with Crippen LogP contribution in [0, 0.1) is 12.8 Å². The lowest BCUT2D eigenvalue weighted by Crippen LogP contribution is -2.51. The van der Waals surface area contributed by atoms with Gasteiger partial charge >= 0.3 is 6.03 Å². The van der Waals surface area contributed by atoms with E-state index in [1.807, 2.05) is 19.1 Å². The number of amides is 2. The first-order valence-corrected chi connectivity index (χ1v) is 8.08. The molecule has 2 unspecified atom stereocenters. The van der Waals surface area contributed by atoms with Crippen LogP contribution in [0.4, 0.5) is 4.79 Å². The van der Waals surface area contributed by atoms with Crippen molar-refractivity contribution in [3.05, 3.63) is 35.4 Å². The summed E-state index contributed by atoms with van der Waals surface area (Å²) in [7, 11) is 0. The van der Waals surface area contributed by atoms with Crippen molar-refractivity contribution in [1.82, 2.24) is 10.2 Å². The number of urea groups is 1. The summed E-state index contributed by atoms with van der Waals surface area (Å²) in [5.74, 6) is 0.271. The molecular formula is C18H28N2O2. The molecular weight excluding hydrogens is 276 g/mol. The van der Waals surface area contributed by atoms with Crippen molar-refractivity contribution in [2.75, 3.05) is 19.6 Å². The highest BCUT2D eigenvalue weighted by molar-refractivity contribution is 5.74. The van der Waals surface area contributed by atoms with Gasteiger partial charge in [-0.2, -0.15) is 0 Å². The molecule has 0 aliphatic carbocycles. The Morgan fingerprint density at radius 2 is 2.09 bits per heavy atom. The van der Waals surface area contributed by atoms with Crippen LogP contribution in [0.3, 0.4) is 0 Å². The van der Waals surface area contributed by atoms with Gasteiger partial charge in [0.1, 0.15) is 0 Å². The molecule has 1 aliphatic rings. The SMILES string of the molecule is Cc1ccccc1C(C)(C)CNC(=O)N1CCC(C)C(O)C1. The largest absolute Gasteiger partial charge is 0.391 e. The summed E-state index contributed by atoms with van der Waals surface area (Å²) in [4.78, 5) is 14.0. The van der Waals surface area contributed by atoms with Gasteiger partial charge in [-0.3, -0.25) is 0 Å². The molecule has 0 aromatic heterocycles. The molecule has 0 saturated carbocycles. The lowest BCUT2D eigenvalue weighted by atomic mass is 9.82. The molecule has 4 heteroatoms. The lowest BCUT2D eigenvalue weighted by molar-refractivity contribution is 0.0434. The first-order valence-electron chi connectivity index (χ1n) is 8.08. The van der Waals surface area contributed by atoms with Crippen molar-refractivity contribution in [2.45, 2.75) is 45.6 Å². The number of nitrogens with one attached hydrogen (secondary N) is 1. The van der Waals surface area contributed by atoms with Gasteiger partial charge in [0.05, 0.1) is 6.10 Å². The van der Waals surface area contributed by atoms with Crippen molar-refractivity contribution < 1.29 is 9.90 Å². The number of rotatable bonds is 3. The highest BCUT2D eigenvalue weighted by atomic mass is 16.3. The topological polar surface area (TPSA) is 52.6 Å². The zero-order chi connectivity index (χ0) is 16.3. The van der Waals surface area contributed by atoms with E-state index in [9.17, 15) is 9.90 Å². The molecule has 1 aromatic carbocycles. The molecule has 1 fully saturated rings. The minimum Gasteiger partial charge on any atom is -0.391 e. The second-order valence-electron chi connectivity index (χ2n) is 7.14. The number of aryl methyl sites for hydroxylation is 1. The number of piperidine rings is 1. The van der Waals surface area contributed by atoms with Gasteiger partial charge in [-0.15, -0.1) is 0 Å². The standard InChI is InChI=1S/C18H28N2O2/c1-13-7-5-6-8-15(13)18(3,4)12-19-17(22)20-10-9-14(2)16(21)11-20/h5-8,14,16,21H,9-12H2,1-4H3,(H,19,22). The summed E-state index contributed by atoms with van der Waals surface area (Å²) < 4.78 is 0. The molecule has 2 N–H and O–H groups in total. The van der Waals surface area contributed by atoms with E-state index in [-0.39, 0.29) is 17.4 Å². The third-order valence-electron chi connectivity index (χ3n) is 4.76. The average molecular weight is 304 g/mol. The highest BCUT2D eigenvalue weighted by Crippen LogP contribution is 2.25. The van der Waals surface area contributed by atoms with Crippen LogP contribution in [-0.2, 0) is 5.41 Å². The Morgan fingerprint density at radius 1 is 1.41 bits per heavy atom. The zero-order valence-electron chi connectivity index (χ0n) is 14.1. The van der Waals surface area contributed by atoms with Crippen LogP contribution < -0.4 is 5.32 Å². The number of carbonyl (C=O) groups excluding carboxylic acids is 1. The maximum Gasteiger partial charge on any atom is 0.317 e. The highest BCUT2D eigenvalue weighted by Gasteiger charge is 2.29. The van der Waals surface area contributed by atoms with Gasteiger partial charge in [-0.25, -0.2) is 4.79 Å². The third kappa shape index (κ3) is 3.80. The van der Waals surface area contributed by atoms with E-state index in [1.54, 1.807) is 4.90 Å². The van der Waals surface area contributed by atoms with Crippen molar-refractivity contribution in [3.63, 3.8) is 0 Å². The molecule has 122 valence electrons. The first kappa shape index (κ1) is 16.8. The Kier molecular flexibility index (Phi) is 5.12. The lowest BCUT2D eigenvalue weighted by Gasteiger charge is -2.35. The van der Waals surface area contributed by atoms with Crippen LogP contribution in [-0.4, -0.2) is 41.8 Å². The van der Waals surface area contributed by atoms with E-state index >= 15 is 0 Å². The van der Waals surface area contributed by atoms with E-state index in [0.717, 1.165) is 13.0 Å². The number of benzene rings is 1. The number of carbonyl (C=O) groups is 1. The number of β-amino-alcohol motifs (C(OH)–C–C–N with tert-alkyl or cyclic N) is 1. The minimum absolute atomic E-state index is 0.0763. The molecule has 1 saturated heterocycles. The van der Waals surface area contributed by atoms with Gasteiger partial charge < -0.3 is 15.3 Å². The number of nitrogens with zero attached hydrogens (tertiary/aromatic N) is 1. The Morgan fingerprint density at radius 3 is 2.73 bits per heavy atom. The van der Waals surface area contributed by atoms with Crippen LogP contribution in [0.25, 0.3) is 0 Å². The summed E-state index contributed by atoms with van der Waals surface area (Å²) in [5, 5.41) is 12.9. The third-order valence-corrected chi connectivity index (χ3v) is 4.76. The van der Waals surface area contributed by atoms with E-state index in [0.29, 0.717) is 13.1 Å². The fourth-order valence-corrected chi connectivity index (χ4v) is 3.07. The fraction of sp³-hybridized carbons (Fsp3) is 0.611. The summed E-state index contributed by atoms with van der Waals surface area (Å²) >= 11 is 0. The Bertz CT molecular complexity index is 528. The normalized spacial score (nSPS) is 22.5. The number of hydrogen-bond acceptors (Lipinski definition) is 2. The second kappa shape index (κ2) is 6.69. The monoisotopic (exact) mass is 304 g/mol. The van der Waals surface area contributed by atoms with Crippen molar-refractivity contribution >= 4 is 6.03 Å². The smallest absolute Gasteiger partial charge is 0.317 e. The molecule has 0 radical (unpaired) electrons. The van der Waals surface area contributed by atoms with Gasteiger partial charge in [-0.1, -0.05) is 45.0 Å². The van der Waals surface area contributed by atoms with Crippen molar-refractivity contribution in [2.24, 2.45) is 5.92 Å². The number of hydrogen-bond donors (Lipinski definition) is 2. The van der Waals surface area contributed by atoms with Gasteiger partial charge in [0.2, 0.25) is 0 Å². The number of aliphatic hydroxyl groups is 1. The maximum absolute atomic E-state index is 12.3. The molecule has 22 heavy (non-hydrogen) atoms. The maximum atomic E-state index is 12.3. The Balaban J connectivity index is 1.94. The Labute approximate surface area is 133 Å². The molecule has 1 heterocycles. The zero-order valence-corrected chi connectivity index (χ0v) is 14.1. The molecule has 0 spiro atoms. The summed E-state index contributed by atoms with van der Waals surface area (Å²) in [6.45, 7) is 10.1. The van der Waals surface area contributed by atoms with Crippen LogP contribution in [0.15, 0.2) is 24.3 Å². The molecule has 2 amide bonds. The number of likely N-dealkylation sites (tertiary alicyclic amines) is 1. The van der Waals surface area contributed by atoms with Crippen molar-refractivity contribution in [1.29, 1.82) is 0 Å². The van der Waals surface area contributed by atoms with Gasteiger partial charge in [0, 0.05) is 25.0 Å². The summed E-state index contributed by atoms with van der Waals surface area (Å²) in [6.07, 6.45) is 0.444.